The minimum Gasteiger partial charge on any atom is -0.497 e. The van der Waals surface area contributed by atoms with Crippen molar-refractivity contribution in [3.05, 3.63) is 30.0 Å². The third-order valence-electron chi connectivity index (χ3n) is 2.12. The van der Waals surface area contributed by atoms with E-state index in [4.69, 9.17) is 10.5 Å². The number of carbonyl (C=O) groups is 1. The van der Waals surface area contributed by atoms with Gasteiger partial charge in [0.05, 0.1) is 7.11 Å². The Morgan fingerprint density at radius 1 is 1.47 bits per heavy atom. The van der Waals surface area contributed by atoms with Gasteiger partial charge < -0.3 is 15.8 Å². The van der Waals surface area contributed by atoms with Gasteiger partial charge in [-0.05, 0) is 12.1 Å². The number of H-pyrrole nitrogens is 1. The van der Waals surface area contributed by atoms with Crippen molar-refractivity contribution in [1.82, 2.24) is 15.4 Å². The highest BCUT2D eigenvalue weighted by Crippen LogP contribution is 2.17. The van der Waals surface area contributed by atoms with Crippen LogP contribution in [-0.4, -0.2) is 28.4 Å². The van der Waals surface area contributed by atoms with Crippen LogP contribution in [0.1, 0.15) is 10.5 Å². The van der Waals surface area contributed by atoms with Crippen LogP contribution in [0.4, 0.5) is 11.5 Å². The second-order valence-electron chi connectivity index (χ2n) is 3.24. The fourth-order valence-corrected chi connectivity index (χ4v) is 1.30. The third kappa shape index (κ3) is 2.33. The number of nitrogen functional groups attached to an aromatic ring is 1. The summed E-state index contributed by atoms with van der Waals surface area (Å²) in [6, 6.07) is 6.96. The van der Waals surface area contributed by atoms with Gasteiger partial charge in [0.1, 0.15) is 5.75 Å². The summed E-state index contributed by atoms with van der Waals surface area (Å²) in [7, 11) is 1.55. The topological polar surface area (TPSA) is 106 Å². The predicted octanol–water partition coefficient (Wildman–Crippen LogP) is 0.648. The Morgan fingerprint density at radius 3 is 2.94 bits per heavy atom. The van der Waals surface area contributed by atoms with Crippen LogP contribution in [-0.2, 0) is 0 Å². The summed E-state index contributed by atoms with van der Waals surface area (Å²) in [4.78, 5) is 11.7. The average molecular weight is 233 g/mol. The van der Waals surface area contributed by atoms with Gasteiger partial charge in [-0.1, -0.05) is 6.07 Å². The Bertz CT molecular complexity index is 537. The first kappa shape index (κ1) is 10.9. The number of hydrogen-bond donors (Lipinski definition) is 3. The summed E-state index contributed by atoms with van der Waals surface area (Å²) < 4.78 is 5.04. The largest absolute Gasteiger partial charge is 0.497 e. The maximum atomic E-state index is 11.7. The Morgan fingerprint density at radius 2 is 2.29 bits per heavy atom. The van der Waals surface area contributed by atoms with Crippen molar-refractivity contribution < 1.29 is 9.53 Å². The summed E-state index contributed by atoms with van der Waals surface area (Å²) >= 11 is 0. The molecule has 2 aromatic rings. The lowest BCUT2D eigenvalue weighted by Gasteiger charge is -2.05. The molecule has 1 aromatic heterocycles. The number of carbonyl (C=O) groups excluding carboxylic acids is 1. The molecule has 0 spiro atoms. The standard InChI is InChI=1S/C10H11N5O2/c1-17-7-4-2-3-6(5-7)12-10(16)8-9(11)14-15-13-8/h2-5H,1H3,(H,12,16)(H3,11,13,14,15). The SMILES string of the molecule is COc1cccc(NC(=O)c2n[nH]nc2N)c1. The molecule has 0 radical (unpaired) electrons. The number of nitrogens with zero attached hydrogens (tertiary/aromatic N) is 2. The van der Waals surface area contributed by atoms with Crippen molar-refractivity contribution in [3.8, 4) is 5.75 Å². The smallest absolute Gasteiger partial charge is 0.280 e. The molecule has 7 heteroatoms. The van der Waals surface area contributed by atoms with Crippen LogP contribution in [0.25, 0.3) is 0 Å². The van der Waals surface area contributed by atoms with Gasteiger partial charge in [-0.2, -0.15) is 5.21 Å². The van der Waals surface area contributed by atoms with E-state index in [1.807, 2.05) is 0 Å². The number of benzene rings is 1. The van der Waals surface area contributed by atoms with Gasteiger partial charge in [0.2, 0.25) is 0 Å². The fraction of sp³-hybridized carbons (Fsp3) is 0.100. The van der Waals surface area contributed by atoms with Crippen molar-refractivity contribution in [2.75, 3.05) is 18.2 Å². The molecular formula is C10H11N5O2. The maximum absolute atomic E-state index is 11.7. The molecule has 4 N–H and O–H groups in total. The van der Waals surface area contributed by atoms with E-state index in [0.29, 0.717) is 11.4 Å². The van der Waals surface area contributed by atoms with Crippen LogP contribution in [0.15, 0.2) is 24.3 Å². The number of aromatic nitrogens is 3. The number of hydrogen-bond acceptors (Lipinski definition) is 5. The van der Waals surface area contributed by atoms with Crippen LogP contribution >= 0.6 is 0 Å². The first-order chi connectivity index (χ1) is 8.20. The second-order valence-corrected chi connectivity index (χ2v) is 3.24. The van der Waals surface area contributed by atoms with Crippen molar-refractivity contribution in [2.24, 2.45) is 0 Å². The molecule has 0 aliphatic rings. The number of aromatic amines is 1. The molecule has 0 fully saturated rings. The number of nitrogens with one attached hydrogen (secondary N) is 2. The minimum absolute atomic E-state index is 0.0606. The zero-order valence-electron chi connectivity index (χ0n) is 9.10. The lowest BCUT2D eigenvalue weighted by atomic mass is 10.3. The number of amides is 1. The quantitative estimate of drug-likeness (QED) is 0.721. The molecule has 88 valence electrons. The number of anilines is 2. The molecular weight excluding hydrogens is 222 g/mol. The van der Waals surface area contributed by atoms with Crippen LogP contribution in [0.5, 0.6) is 5.75 Å². The van der Waals surface area contributed by atoms with Crippen molar-refractivity contribution in [3.63, 3.8) is 0 Å². The van der Waals surface area contributed by atoms with Gasteiger partial charge in [0, 0.05) is 11.8 Å². The molecule has 17 heavy (non-hydrogen) atoms. The van der Waals surface area contributed by atoms with E-state index in [0.717, 1.165) is 0 Å². The van der Waals surface area contributed by atoms with E-state index < -0.39 is 5.91 Å². The van der Waals surface area contributed by atoms with E-state index in [9.17, 15) is 4.79 Å². The third-order valence-corrected chi connectivity index (χ3v) is 2.12. The number of nitrogens with two attached hydrogens (primary N) is 1. The number of ether oxygens (including phenoxy) is 1. The van der Waals surface area contributed by atoms with Crippen LogP contribution in [0.2, 0.25) is 0 Å². The molecule has 1 heterocycles. The van der Waals surface area contributed by atoms with Crippen LogP contribution in [0.3, 0.4) is 0 Å². The van der Waals surface area contributed by atoms with Gasteiger partial charge in [-0.25, -0.2) is 0 Å². The molecule has 1 amide bonds. The number of methoxy groups -OCH3 is 1. The van der Waals surface area contributed by atoms with Gasteiger partial charge in [0.25, 0.3) is 5.91 Å². The Labute approximate surface area is 97.0 Å². The van der Waals surface area contributed by atoms with E-state index >= 15 is 0 Å². The molecule has 7 nitrogen and oxygen atoms in total. The highest BCUT2D eigenvalue weighted by molar-refractivity contribution is 6.05. The summed E-state index contributed by atoms with van der Waals surface area (Å²) in [5.74, 6) is 0.283. The van der Waals surface area contributed by atoms with Crippen LogP contribution < -0.4 is 15.8 Å². The number of rotatable bonds is 3. The normalized spacial score (nSPS) is 9.94. The highest BCUT2D eigenvalue weighted by atomic mass is 16.5. The summed E-state index contributed by atoms with van der Waals surface area (Å²) in [6.07, 6.45) is 0. The monoisotopic (exact) mass is 233 g/mol. The zero-order valence-corrected chi connectivity index (χ0v) is 9.10. The van der Waals surface area contributed by atoms with Gasteiger partial charge in [-0.3, -0.25) is 4.79 Å². The van der Waals surface area contributed by atoms with E-state index in [-0.39, 0.29) is 11.5 Å². The fourth-order valence-electron chi connectivity index (χ4n) is 1.30. The Balaban J connectivity index is 2.16. The molecule has 0 unspecified atom stereocenters. The lowest BCUT2D eigenvalue weighted by Crippen LogP contribution is -2.14. The first-order valence-corrected chi connectivity index (χ1v) is 4.82. The molecule has 1 aromatic carbocycles. The van der Waals surface area contributed by atoms with Gasteiger partial charge >= 0.3 is 0 Å². The molecule has 0 saturated heterocycles. The van der Waals surface area contributed by atoms with Crippen molar-refractivity contribution in [1.29, 1.82) is 0 Å². The predicted molar refractivity (Wildman–Crippen MR) is 61.7 cm³/mol. The van der Waals surface area contributed by atoms with E-state index in [2.05, 4.69) is 20.7 Å². The first-order valence-electron chi connectivity index (χ1n) is 4.82. The maximum Gasteiger partial charge on any atom is 0.280 e. The molecule has 0 atom stereocenters. The summed E-state index contributed by atoms with van der Waals surface area (Å²) in [5, 5.41) is 12.1. The highest BCUT2D eigenvalue weighted by Gasteiger charge is 2.14. The Kier molecular flexibility index (Phi) is 2.91. The van der Waals surface area contributed by atoms with Crippen molar-refractivity contribution in [2.45, 2.75) is 0 Å². The zero-order chi connectivity index (χ0) is 12.3. The molecule has 2 rings (SSSR count). The average Bonchev–Trinajstić information content (AvgIpc) is 2.76. The molecule has 0 saturated carbocycles. The van der Waals surface area contributed by atoms with E-state index in [1.165, 1.54) is 0 Å². The Hall–Kier alpha value is -2.57. The minimum atomic E-state index is -0.426. The van der Waals surface area contributed by atoms with Crippen LogP contribution in [0, 0.1) is 0 Å². The van der Waals surface area contributed by atoms with E-state index in [1.54, 1.807) is 31.4 Å². The molecule has 0 aliphatic heterocycles. The molecule has 0 aliphatic carbocycles. The summed E-state index contributed by atoms with van der Waals surface area (Å²) in [5.41, 5.74) is 6.12. The van der Waals surface area contributed by atoms with Crippen molar-refractivity contribution >= 4 is 17.4 Å². The lowest BCUT2D eigenvalue weighted by molar-refractivity contribution is 0.102. The summed E-state index contributed by atoms with van der Waals surface area (Å²) in [6.45, 7) is 0. The van der Waals surface area contributed by atoms with Gasteiger partial charge in [0.15, 0.2) is 11.5 Å². The van der Waals surface area contributed by atoms with Gasteiger partial charge in [-0.15, -0.1) is 10.2 Å². The second kappa shape index (κ2) is 4.52. The molecule has 0 bridgehead atoms.